The molecule has 150 valence electrons. The molecule has 3 heterocycles. The largest absolute Gasteiger partial charge is 0.462 e. The summed E-state index contributed by atoms with van der Waals surface area (Å²) in [6.45, 7) is 3.16. The highest BCUT2D eigenvalue weighted by Gasteiger charge is 2.24. The molecule has 0 saturated heterocycles. The Morgan fingerprint density at radius 1 is 1.10 bits per heavy atom. The summed E-state index contributed by atoms with van der Waals surface area (Å²) < 4.78 is 15.7. The lowest BCUT2D eigenvalue weighted by atomic mass is 10.1. The molecule has 1 N–H and O–H groups in total. The van der Waals surface area contributed by atoms with Crippen molar-refractivity contribution in [2.24, 2.45) is 0 Å². The molecular formula is C20H18N2O6S. The molecule has 3 rings (SSSR count). The molecule has 0 saturated carbocycles. The molecule has 3 aromatic rings. The lowest BCUT2D eigenvalue weighted by Crippen LogP contribution is -2.21. The zero-order chi connectivity index (χ0) is 20.8. The number of nitrogens with zero attached hydrogens (tertiary/aromatic N) is 1. The fourth-order valence-corrected chi connectivity index (χ4v) is 3.44. The van der Waals surface area contributed by atoms with Crippen LogP contribution in [0.3, 0.4) is 0 Å². The minimum absolute atomic E-state index is 0.183. The van der Waals surface area contributed by atoms with Crippen LogP contribution in [-0.2, 0) is 14.3 Å². The number of furan rings is 1. The number of aryl methyl sites for hydroxylation is 1. The van der Waals surface area contributed by atoms with Crippen LogP contribution in [-0.4, -0.2) is 36.0 Å². The summed E-state index contributed by atoms with van der Waals surface area (Å²) in [7, 11) is 0. The van der Waals surface area contributed by atoms with Crippen LogP contribution in [0.1, 0.15) is 33.4 Å². The zero-order valence-electron chi connectivity index (χ0n) is 15.8. The van der Waals surface area contributed by atoms with Crippen LogP contribution in [0, 0.1) is 6.92 Å². The third-order valence-electron chi connectivity index (χ3n) is 3.78. The number of esters is 2. The van der Waals surface area contributed by atoms with E-state index >= 15 is 0 Å². The van der Waals surface area contributed by atoms with Crippen molar-refractivity contribution in [1.82, 2.24) is 4.98 Å². The highest BCUT2D eigenvalue weighted by molar-refractivity contribution is 7.15. The van der Waals surface area contributed by atoms with E-state index in [2.05, 4.69) is 10.3 Å². The zero-order valence-corrected chi connectivity index (χ0v) is 16.6. The molecule has 0 aliphatic heterocycles. The number of hydrogen-bond donors (Lipinski definition) is 1. The van der Waals surface area contributed by atoms with E-state index in [-0.39, 0.29) is 22.7 Å². The molecule has 0 aliphatic carbocycles. The van der Waals surface area contributed by atoms with Gasteiger partial charge >= 0.3 is 11.9 Å². The van der Waals surface area contributed by atoms with Crippen LogP contribution in [0.25, 0.3) is 11.3 Å². The van der Waals surface area contributed by atoms with Gasteiger partial charge in [0.15, 0.2) is 6.61 Å². The Labute approximate surface area is 170 Å². The molecule has 0 unspecified atom stereocenters. The lowest BCUT2D eigenvalue weighted by Gasteiger charge is -2.08. The molecule has 0 aliphatic rings. The summed E-state index contributed by atoms with van der Waals surface area (Å²) in [6.07, 6.45) is 2.90. The number of thiophene rings is 1. The van der Waals surface area contributed by atoms with E-state index in [0.717, 1.165) is 11.3 Å². The van der Waals surface area contributed by atoms with Crippen LogP contribution >= 0.6 is 11.3 Å². The van der Waals surface area contributed by atoms with Crippen LogP contribution in [0.5, 0.6) is 0 Å². The van der Waals surface area contributed by atoms with Crippen molar-refractivity contribution < 1.29 is 28.3 Å². The fourth-order valence-electron chi connectivity index (χ4n) is 2.48. The minimum atomic E-state index is -0.647. The van der Waals surface area contributed by atoms with Crippen molar-refractivity contribution >= 4 is 34.2 Å². The number of aromatic nitrogens is 1. The van der Waals surface area contributed by atoms with Gasteiger partial charge in [-0.2, -0.15) is 0 Å². The Kier molecular flexibility index (Phi) is 6.40. The summed E-state index contributed by atoms with van der Waals surface area (Å²) in [6, 6.07) is 6.48. The summed E-state index contributed by atoms with van der Waals surface area (Å²) in [5.41, 5.74) is 0.997. The fraction of sp³-hybridized carbons (Fsp3) is 0.200. The minimum Gasteiger partial charge on any atom is -0.462 e. The monoisotopic (exact) mass is 414 g/mol. The highest BCUT2D eigenvalue weighted by atomic mass is 32.1. The van der Waals surface area contributed by atoms with Crippen LogP contribution in [0.2, 0.25) is 0 Å². The number of pyridine rings is 1. The maximum Gasteiger partial charge on any atom is 0.341 e. The highest BCUT2D eigenvalue weighted by Crippen LogP contribution is 2.37. The number of carbonyl (C=O) groups is 3. The van der Waals surface area contributed by atoms with Gasteiger partial charge in [-0.3, -0.25) is 9.78 Å². The van der Waals surface area contributed by atoms with Crippen molar-refractivity contribution in [3.8, 4) is 11.3 Å². The Morgan fingerprint density at radius 2 is 1.86 bits per heavy atom. The van der Waals surface area contributed by atoms with Gasteiger partial charge in [-0.05, 0) is 38.1 Å². The average Bonchev–Trinajstić information content (AvgIpc) is 3.33. The van der Waals surface area contributed by atoms with Gasteiger partial charge in [-0.1, -0.05) is 0 Å². The second kappa shape index (κ2) is 9.16. The van der Waals surface area contributed by atoms with E-state index in [1.54, 1.807) is 31.4 Å². The van der Waals surface area contributed by atoms with Gasteiger partial charge in [0.2, 0.25) is 0 Å². The van der Waals surface area contributed by atoms with Gasteiger partial charge in [0.25, 0.3) is 5.91 Å². The molecule has 0 spiro atoms. The standard InChI is InChI=1S/C20H18N2O6S/c1-3-26-20(25)17-14(15-5-4-12(2)28-15)11-29-18(17)22-16(23)10-27-19(24)13-6-8-21-9-7-13/h4-9,11H,3,10H2,1-2H3,(H,22,23). The van der Waals surface area contributed by atoms with Gasteiger partial charge in [-0.15, -0.1) is 11.3 Å². The number of carbonyl (C=O) groups excluding carboxylic acids is 3. The molecule has 3 aromatic heterocycles. The molecule has 29 heavy (non-hydrogen) atoms. The average molecular weight is 414 g/mol. The van der Waals surface area contributed by atoms with Crippen LogP contribution in [0.4, 0.5) is 5.00 Å². The van der Waals surface area contributed by atoms with E-state index in [4.69, 9.17) is 13.9 Å². The maximum atomic E-state index is 12.5. The molecule has 0 aromatic carbocycles. The van der Waals surface area contributed by atoms with Gasteiger partial charge in [-0.25, -0.2) is 9.59 Å². The third-order valence-corrected chi connectivity index (χ3v) is 4.68. The molecule has 0 bridgehead atoms. The van der Waals surface area contributed by atoms with Crippen LogP contribution < -0.4 is 5.32 Å². The smallest absolute Gasteiger partial charge is 0.341 e. The summed E-state index contributed by atoms with van der Waals surface area (Å²) in [5, 5.41) is 4.59. The first kappa shape index (κ1) is 20.3. The van der Waals surface area contributed by atoms with Crippen molar-refractivity contribution in [1.29, 1.82) is 0 Å². The van der Waals surface area contributed by atoms with Crippen molar-refractivity contribution in [2.75, 3.05) is 18.5 Å². The Hall–Kier alpha value is -3.46. The van der Waals surface area contributed by atoms with Gasteiger partial charge in [0.05, 0.1) is 12.2 Å². The molecular weight excluding hydrogens is 396 g/mol. The summed E-state index contributed by atoms with van der Waals surface area (Å²) in [4.78, 5) is 40.5. The van der Waals surface area contributed by atoms with E-state index in [1.165, 1.54) is 24.5 Å². The summed E-state index contributed by atoms with van der Waals surface area (Å²) >= 11 is 1.15. The quantitative estimate of drug-likeness (QED) is 0.588. The predicted molar refractivity (Wildman–Crippen MR) is 106 cm³/mol. The Morgan fingerprint density at radius 3 is 2.52 bits per heavy atom. The molecule has 0 fully saturated rings. The molecule has 8 nitrogen and oxygen atoms in total. The van der Waals surface area contributed by atoms with Gasteiger partial charge in [0.1, 0.15) is 22.1 Å². The SMILES string of the molecule is CCOC(=O)c1c(-c2ccc(C)o2)csc1NC(=O)COC(=O)c1ccncc1. The van der Waals surface area contributed by atoms with E-state index in [0.29, 0.717) is 17.1 Å². The third kappa shape index (κ3) is 4.88. The number of amides is 1. The van der Waals surface area contributed by atoms with Crippen molar-refractivity contribution in [2.45, 2.75) is 13.8 Å². The number of ether oxygens (including phenoxy) is 2. The number of hydrogen-bond acceptors (Lipinski definition) is 8. The Bertz CT molecular complexity index is 1020. The predicted octanol–water partition coefficient (Wildman–Crippen LogP) is 3.68. The first-order valence-corrected chi connectivity index (χ1v) is 9.60. The second-order valence-corrected chi connectivity index (χ2v) is 6.72. The number of nitrogens with one attached hydrogen (secondary N) is 1. The first-order chi connectivity index (χ1) is 14.0. The van der Waals surface area contributed by atoms with Crippen molar-refractivity contribution in [3.63, 3.8) is 0 Å². The normalized spacial score (nSPS) is 10.4. The van der Waals surface area contributed by atoms with Gasteiger partial charge < -0.3 is 19.2 Å². The first-order valence-electron chi connectivity index (χ1n) is 8.72. The van der Waals surface area contributed by atoms with E-state index < -0.39 is 24.5 Å². The summed E-state index contributed by atoms with van der Waals surface area (Å²) in [5.74, 6) is -0.629. The maximum absolute atomic E-state index is 12.5. The van der Waals surface area contributed by atoms with Crippen LogP contribution in [0.15, 0.2) is 46.5 Å². The lowest BCUT2D eigenvalue weighted by molar-refractivity contribution is -0.119. The number of anilines is 1. The molecule has 0 atom stereocenters. The number of rotatable bonds is 7. The topological polar surface area (TPSA) is 108 Å². The second-order valence-electron chi connectivity index (χ2n) is 5.84. The molecule has 0 radical (unpaired) electrons. The van der Waals surface area contributed by atoms with E-state index in [9.17, 15) is 14.4 Å². The van der Waals surface area contributed by atoms with Crippen molar-refractivity contribution in [3.05, 3.63) is 58.9 Å². The van der Waals surface area contributed by atoms with E-state index in [1.807, 2.05) is 0 Å². The Balaban J connectivity index is 1.74. The molecule has 9 heteroatoms. The van der Waals surface area contributed by atoms with Gasteiger partial charge in [0, 0.05) is 23.3 Å². The molecule has 1 amide bonds.